The zero-order valence-electron chi connectivity index (χ0n) is 9.84. The highest BCUT2D eigenvalue weighted by Gasteiger charge is 2.11. The van der Waals surface area contributed by atoms with Crippen LogP contribution in [0.15, 0.2) is 27.5 Å². The number of nitrogens with zero attached hydrogens (tertiary/aromatic N) is 1. The van der Waals surface area contributed by atoms with E-state index in [-0.39, 0.29) is 22.5 Å². The fourth-order valence-corrected chi connectivity index (χ4v) is 1.87. The van der Waals surface area contributed by atoms with Gasteiger partial charge in [0.1, 0.15) is 21.9 Å². The average Bonchev–Trinajstić information content (AvgIpc) is 2.33. The van der Waals surface area contributed by atoms with E-state index in [1.807, 2.05) is 0 Å². The monoisotopic (exact) mass is 330 g/mol. The summed E-state index contributed by atoms with van der Waals surface area (Å²) in [6.07, 6.45) is 0. The van der Waals surface area contributed by atoms with Gasteiger partial charge in [0.25, 0.3) is 5.56 Å². The molecule has 2 rings (SSSR count). The molecule has 0 saturated heterocycles. The normalized spacial score (nSPS) is 10.7. The van der Waals surface area contributed by atoms with Gasteiger partial charge in [-0.3, -0.25) is 4.79 Å². The smallest absolute Gasteiger partial charge is 0.265 e. The van der Waals surface area contributed by atoms with Crippen molar-refractivity contribution < 1.29 is 13.5 Å². The lowest BCUT2D eigenvalue weighted by atomic mass is 10.2. The quantitative estimate of drug-likeness (QED) is 0.941. The van der Waals surface area contributed by atoms with Gasteiger partial charge in [0.05, 0.1) is 12.3 Å². The second kappa shape index (κ2) is 5.58. The third-order valence-electron chi connectivity index (χ3n) is 2.35. The molecule has 19 heavy (non-hydrogen) atoms. The highest BCUT2D eigenvalue weighted by molar-refractivity contribution is 9.10. The van der Waals surface area contributed by atoms with Gasteiger partial charge in [-0.25, -0.2) is 13.8 Å². The molecule has 2 aromatic rings. The minimum absolute atomic E-state index is 0.0821. The van der Waals surface area contributed by atoms with Crippen molar-refractivity contribution in [3.63, 3.8) is 0 Å². The summed E-state index contributed by atoms with van der Waals surface area (Å²) < 4.78 is 31.4. The Morgan fingerprint density at radius 3 is 2.53 bits per heavy atom. The van der Waals surface area contributed by atoms with E-state index in [4.69, 9.17) is 4.74 Å². The van der Waals surface area contributed by atoms with Crippen molar-refractivity contribution in [3.8, 4) is 11.4 Å². The molecule has 1 heterocycles. The molecule has 0 aliphatic carbocycles. The van der Waals surface area contributed by atoms with Crippen LogP contribution < -0.4 is 5.56 Å². The number of nitrogens with one attached hydrogen (secondary N) is 1. The number of aromatic nitrogens is 2. The number of hydrogen-bond donors (Lipinski definition) is 1. The van der Waals surface area contributed by atoms with Crippen LogP contribution in [0, 0.1) is 11.6 Å². The van der Waals surface area contributed by atoms with E-state index >= 15 is 0 Å². The summed E-state index contributed by atoms with van der Waals surface area (Å²) in [5.74, 6) is -1.40. The number of ether oxygens (including phenoxy) is 1. The lowest BCUT2D eigenvalue weighted by Crippen LogP contribution is -2.14. The van der Waals surface area contributed by atoms with Gasteiger partial charge in [0.2, 0.25) is 0 Å². The Kier molecular flexibility index (Phi) is 4.06. The highest BCUT2D eigenvalue weighted by atomic mass is 79.9. The maximum atomic E-state index is 13.1. The third kappa shape index (κ3) is 3.05. The summed E-state index contributed by atoms with van der Waals surface area (Å²) in [5.41, 5.74) is 0.0621. The van der Waals surface area contributed by atoms with E-state index in [1.165, 1.54) is 7.11 Å². The molecule has 0 aliphatic heterocycles. The van der Waals surface area contributed by atoms with E-state index in [0.717, 1.165) is 18.2 Å². The van der Waals surface area contributed by atoms with Crippen LogP contribution in [-0.2, 0) is 11.3 Å². The summed E-state index contributed by atoms with van der Waals surface area (Å²) in [5, 5.41) is 0. The molecule has 7 heteroatoms. The van der Waals surface area contributed by atoms with Crippen LogP contribution in [0.1, 0.15) is 5.69 Å². The third-order valence-corrected chi connectivity index (χ3v) is 3.17. The fraction of sp³-hybridized carbons (Fsp3) is 0.167. The van der Waals surface area contributed by atoms with E-state index in [2.05, 4.69) is 25.9 Å². The molecule has 0 unspecified atom stereocenters. The summed E-state index contributed by atoms with van der Waals surface area (Å²) in [7, 11) is 1.46. The Bertz CT molecular complexity index is 653. The van der Waals surface area contributed by atoms with E-state index < -0.39 is 17.2 Å². The van der Waals surface area contributed by atoms with E-state index in [9.17, 15) is 13.6 Å². The van der Waals surface area contributed by atoms with Crippen molar-refractivity contribution in [3.05, 3.63) is 50.4 Å². The molecule has 0 radical (unpaired) electrons. The molecule has 0 fully saturated rings. The van der Waals surface area contributed by atoms with Crippen molar-refractivity contribution in [1.82, 2.24) is 9.97 Å². The van der Waals surface area contributed by atoms with Crippen molar-refractivity contribution in [2.75, 3.05) is 7.11 Å². The zero-order chi connectivity index (χ0) is 14.0. The van der Waals surface area contributed by atoms with Gasteiger partial charge >= 0.3 is 0 Å². The van der Waals surface area contributed by atoms with Crippen molar-refractivity contribution >= 4 is 15.9 Å². The fourth-order valence-electron chi connectivity index (χ4n) is 1.57. The maximum Gasteiger partial charge on any atom is 0.265 e. The topological polar surface area (TPSA) is 55.0 Å². The van der Waals surface area contributed by atoms with Crippen molar-refractivity contribution in [1.29, 1.82) is 0 Å². The predicted molar refractivity (Wildman–Crippen MR) is 68.6 cm³/mol. The van der Waals surface area contributed by atoms with E-state index in [1.54, 1.807) is 0 Å². The van der Waals surface area contributed by atoms with Crippen LogP contribution in [0.4, 0.5) is 8.78 Å². The van der Waals surface area contributed by atoms with Gasteiger partial charge in [-0.2, -0.15) is 0 Å². The molecule has 4 nitrogen and oxygen atoms in total. The molecule has 0 amide bonds. The molecule has 0 bridgehead atoms. The molecule has 0 saturated carbocycles. The summed E-state index contributed by atoms with van der Waals surface area (Å²) in [6, 6.07) is 2.92. The first-order chi connectivity index (χ1) is 9.01. The predicted octanol–water partition coefficient (Wildman–Crippen LogP) is 2.62. The number of halogens is 3. The second-order valence-electron chi connectivity index (χ2n) is 3.77. The van der Waals surface area contributed by atoms with Crippen LogP contribution >= 0.6 is 15.9 Å². The van der Waals surface area contributed by atoms with E-state index in [0.29, 0.717) is 5.69 Å². The van der Waals surface area contributed by atoms with Gasteiger partial charge in [0.15, 0.2) is 0 Å². The largest absolute Gasteiger partial charge is 0.378 e. The molecule has 1 aromatic heterocycles. The Hall–Kier alpha value is -1.60. The van der Waals surface area contributed by atoms with Gasteiger partial charge < -0.3 is 9.72 Å². The highest BCUT2D eigenvalue weighted by Crippen LogP contribution is 2.19. The number of H-pyrrole nitrogens is 1. The van der Waals surface area contributed by atoms with Gasteiger partial charge in [-0.05, 0) is 28.1 Å². The van der Waals surface area contributed by atoms with Gasteiger partial charge in [-0.1, -0.05) is 0 Å². The molecule has 100 valence electrons. The standard InChI is InChI=1S/C12H9BrF2N2O2/c1-19-5-9-10(13)12(18)17-11(16-9)6-2-7(14)4-8(15)3-6/h2-4H,5H2,1H3,(H,16,17,18). The number of rotatable bonds is 3. The van der Waals surface area contributed by atoms with Crippen LogP contribution in [0.2, 0.25) is 0 Å². The Balaban J connectivity index is 2.59. The Labute approximate surface area is 115 Å². The summed E-state index contributed by atoms with van der Waals surface area (Å²) in [6.45, 7) is 0.106. The molecular formula is C12H9BrF2N2O2. The molecule has 0 aliphatic rings. The first kappa shape index (κ1) is 13.8. The van der Waals surface area contributed by atoms with Crippen LogP contribution in [0.5, 0.6) is 0 Å². The van der Waals surface area contributed by atoms with Crippen molar-refractivity contribution in [2.45, 2.75) is 6.61 Å². The first-order valence-corrected chi connectivity index (χ1v) is 6.04. The molecule has 0 atom stereocenters. The van der Waals surface area contributed by atoms with Crippen LogP contribution in [0.3, 0.4) is 0 Å². The van der Waals surface area contributed by atoms with Gasteiger partial charge in [-0.15, -0.1) is 0 Å². The summed E-state index contributed by atoms with van der Waals surface area (Å²) >= 11 is 3.08. The Morgan fingerprint density at radius 2 is 1.95 bits per heavy atom. The number of methoxy groups -OCH3 is 1. The maximum absolute atomic E-state index is 13.1. The van der Waals surface area contributed by atoms with Crippen LogP contribution in [-0.4, -0.2) is 17.1 Å². The minimum atomic E-state index is -0.742. The summed E-state index contributed by atoms with van der Waals surface area (Å²) in [4.78, 5) is 18.3. The second-order valence-corrected chi connectivity index (χ2v) is 4.56. The molecular weight excluding hydrogens is 322 g/mol. The number of benzene rings is 1. The molecule has 1 N–H and O–H groups in total. The minimum Gasteiger partial charge on any atom is -0.378 e. The lowest BCUT2D eigenvalue weighted by molar-refractivity contribution is 0.180. The number of hydrogen-bond acceptors (Lipinski definition) is 3. The average molecular weight is 331 g/mol. The molecule has 1 aromatic carbocycles. The number of aromatic amines is 1. The van der Waals surface area contributed by atoms with Crippen molar-refractivity contribution in [2.24, 2.45) is 0 Å². The first-order valence-electron chi connectivity index (χ1n) is 5.25. The Morgan fingerprint density at radius 1 is 1.32 bits per heavy atom. The van der Waals surface area contributed by atoms with Gasteiger partial charge in [0, 0.05) is 18.7 Å². The van der Waals surface area contributed by atoms with Crippen LogP contribution in [0.25, 0.3) is 11.4 Å². The zero-order valence-corrected chi connectivity index (χ0v) is 11.4. The lowest BCUT2D eigenvalue weighted by Gasteiger charge is -2.06. The SMILES string of the molecule is COCc1nc(-c2cc(F)cc(F)c2)[nH]c(=O)c1Br. The molecule has 0 spiro atoms.